The van der Waals surface area contributed by atoms with Crippen LogP contribution in [0.3, 0.4) is 0 Å². The fourth-order valence-electron chi connectivity index (χ4n) is 2.67. The number of carbonyl (C=O) groups is 2. The van der Waals surface area contributed by atoms with Gasteiger partial charge >= 0.3 is 5.97 Å². The van der Waals surface area contributed by atoms with Crippen molar-refractivity contribution >= 4 is 35.1 Å². The Hall–Kier alpha value is -2.04. The number of halogens is 2. The Morgan fingerprint density at radius 1 is 1.12 bits per heavy atom. The molecule has 4 nitrogen and oxygen atoms in total. The van der Waals surface area contributed by atoms with E-state index in [0.29, 0.717) is 33.5 Å². The molecule has 2 aromatic rings. The molecule has 2 N–H and O–H groups in total. The number of aliphatic carboxylic acids is 1. The van der Waals surface area contributed by atoms with Gasteiger partial charge in [-0.15, -0.1) is 0 Å². The number of carbonyl (C=O) groups excluding carboxylic acids is 1. The van der Waals surface area contributed by atoms with Crippen molar-refractivity contribution in [3.05, 3.63) is 58.1 Å². The Kier molecular flexibility index (Phi) is 5.30. The maximum absolute atomic E-state index is 12.5. The molecule has 0 saturated heterocycles. The molecule has 0 spiro atoms. The summed E-state index contributed by atoms with van der Waals surface area (Å²) < 4.78 is 0. The lowest BCUT2D eigenvalue weighted by Gasteiger charge is -2.15. The molecule has 0 radical (unpaired) electrons. The molecular weight excluding hydrogens is 361 g/mol. The van der Waals surface area contributed by atoms with Gasteiger partial charge in [-0.2, -0.15) is 0 Å². The van der Waals surface area contributed by atoms with Crippen LogP contribution in [0.1, 0.15) is 29.6 Å². The summed E-state index contributed by atoms with van der Waals surface area (Å²) >= 11 is 12.2. The van der Waals surface area contributed by atoms with Gasteiger partial charge in [-0.1, -0.05) is 48.2 Å². The molecule has 1 saturated carbocycles. The van der Waals surface area contributed by atoms with Crippen LogP contribution in [0.25, 0.3) is 11.1 Å². The molecule has 1 amide bonds. The van der Waals surface area contributed by atoms with Crippen molar-refractivity contribution in [3.63, 3.8) is 0 Å². The minimum atomic E-state index is -1.01. The monoisotopic (exact) mass is 377 g/mol. The molecule has 0 aromatic heterocycles. The lowest BCUT2D eigenvalue weighted by Crippen LogP contribution is -2.41. The first-order valence-electron chi connectivity index (χ1n) is 8.03. The standard InChI is InChI=1S/C19H17Cl2NO3/c20-14-6-3-12(4-7-14)15-10-13(5-8-16(15)21)18(23)22-17(19(24)25)9-11-1-2-11/h3-8,10-11,17H,1-2,9H2,(H,22,23)(H,24,25). The number of hydrogen-bond acceptors (Lipinski definition) is 2. The zero-order valence-electron chi connectivity index (χ0n) is 13.3. The van der Waals surface area contributed by atoms with Gasteiger partial charge in [0.25, 0.3) is 5.91 Å². The molecule has 2 aromatic carbocycles. The third-order valence-corrected chi connectivity index (χ3v) is 4.83. The van der Waals surface area contributed by atoms with Gasteiger partial charge in [-0.25, -0.2) is 4.79 Å². The fraction of sp³-hybridized carbons (Fsp3) is 0.263. The van der Waals surface area contributed by atoms with Crippen LogP contribution < -0.4 is 5.32 Å². The van der Waals surface area contributed by atoms with Gasteiger partial charge in [0, 0.05) is 21.2 Å². The number of benzene rings is 2. The van der Waals surface area contributed by atoms with Crippen LogP contribution in [0.2, 0.25) is 10.0 Å². The number of carboxylic acids is 1. The largest absolute Gasteiger partial charge is 0.480 e. The molecule has 0 bridgehead atoms. The van der Waals surface area contributed by atoms with E-state index in [2.05, 4.69) is 5.32 Å². The number of nitrogens with one attached hydrogen (secondary N) is 1. The van der Waals surface area contributed by atoms with Gasteiger partial charge in [-0.3, -0.25) is 4.79 Å². The minimum Gasteiger partial charge on any atom is -0.480 e. The lowest BCUT2D eigenvalue weighted by molar-refractivity contribution is -0.139. The van der Waals surface area contributed by atoms with Crippen molar-refractivity contribution in [2.75, 3.05) is 0 Å². The van der Waals surface area contributed by atoms with E-state index in [1.807, 2.05) is 12.1 Å². The number of amides is 1. The van der Waals surface area contributed by atoms with Crippen LogP contribution in [0.4, 0.5) is 0 Å². The summed E-state index contributed by atoms with van der Waals surface area (Å²) in [5.41, 5.74) is 1.90. The topological polar surface area (TPSA) is 66.4 Å². The summed E-state index contributed by atoms with van der Waals surface area (Å²) in [5.74, 6) is -1.02. The SMILES string of the molecule is O=C(NC(CC1CC1)C(=O)O)c1ccc(Cl)c(-c2ccc(Cl)cc2)c1. The predicted molar refractivity (Wildman–Crippen MR) is 98.1 cm³/mol. The summed E-state index contributed by atoms with van der Waals surface area (Å²) in [6.45, 7) is 0. The first kappa shape index (κ1) is 17.8. The van der Waals surface area contributed by atoms with E-state index in [1.165, 1.54) is 0 Å². The Bertz CT molecular complexity index is 801. The highest BCUT2D eigenvalue weighted by molar-refractivity contribution is 6.33. The normalized spacial score (nSPS) is 14.8. The molecule has 1 aliphatic rings. The smallest absolute Gasteiger partial charge is 0.326 e. The second kappa shape index (κ2) is 7.46. The van der Waals surface area contributed by atoms with Crippen molar-refractivity contribution < 1.29 is 14.7 Å². The zero-order chi connectivity index (χ0) is 18.0. The second-order valence-electron chi connectivity index (χ2n) is 6.24. The van der Waals surface area contributed by atoms with E-state index in [1.54, 1.807) is 30.3 Å². The van der Waals surface area contributed by atoms with Crippen LogP contribution in [0.15, 0.2) is 42.5 Å². The predicted octanol–water partition coefficient (Wildman–Crippen LogP) is 4.64. The van der Waals surface area contributed by atoms with Crippen molar-refractivity contribution in [2.24, 2.45) is 5.92 Å². The van der Waals surface area contributed by atoms with Crippen LogP contribution in [0.5, 0.6) is 0 Å². The summed E-state index contributed by atoms with van der Waals surface area (Å²) in [4.78, 5) is 23.8. The average molecular weight is 378 g/mol. The van der Waals surface area contributed by atoms with Gasteiger partial charge in [0.2, 0.25) is 0 Å². The van der Waals surface area contributed by atoms with Crippen molar-refractivity contribution in [1.82, 2.24) is 5.32 Å². The van der Waals surface area contributed by atoms with Crippen LogP contribution >= 0.6 is 23.2 Å². The Labute approximate surface area is 155 Å². The minimum absolute atomic E-state index is 0.372. The number of hydrogen-bond donors (Lipinski definition) is 2. The Balaban J connectivity index is 1.81. The van der Waals surface area contributed by atoms with E-state index in [9.17, 15) is 14.7 Å². The summed E-state index contributed by atoms with van der Waals surface area (Å²) in [7, 11) is 0. The van der Waals surface area contributed by atoms with Gasteiger partial charge < -0.3 is 10.4 Å². The van der Waals surface area contributed by atoms with Gasteiger partial charge in [0.15, 0.2) is 0 Å². The fourth-order valence-corrected chi connectivity index (χ4v) is 3.02. The number of rotatable bonds is 6. The molecule has 6 heteroatoms. The molecule has 0 aliphatic heterocycles. The highest BCUT2D eigenvalue weighted by Gasteiger charge is 2.30. The maximum atomic E-state index is 12.5. The van der Waals surface area contributed by atoms with Gasteiger partial charge in [-0.05, 0) is 48.2 Å². The van der Waals surface area contributed by atoms with Crippen LogP contribution in [-0.4, -0.2) is 23.0 Å². The lowest BCUT2D eigenvalue weighted by atomic mass is 10.0. The highest BCUT2D eigenvalue weighted by atomic mass is 35.5. The molecule has 1 fully saturated rings. The summed E-state index contributed by atoms with van der Waals surface area (Å²) in [6.07, 6.45) is 2.53. The third kappa shape index (κ3) is 4.53. The summed E-state index contributed by atoms with van der Waals surface area (Å²) in [6, 6.07) is 11.2. The van der Waals surface area contributed by atoms with Gasteiger partial charge in [0.1, 0.15) is 6.04 Å². The van der Waals surface area contributed by atoms with Crippen LogP contribution in [-0.2, 0) is 4.79 Å². The van der Waals surface area contributed by atoms with E-state index < -0.39 is 17.9 Å². The first-order chi connectivity index (χ1) is 11.9. The molecule has 3 rings (SSSR count). The molecule has 1 atom stereocenters. The number of carboxylic acid groups (broad SMARTS) is 1. The van der Waals surface area contributed by atoms with Crippen LogP contribution in [0, 0.1) is 5.92 Å². The molecule has 1 aliphatic carbocycles. The van der Waals surface area contributed by atoms with Crippen molar-refractivity contribution in [1.29, 1.82) is 0 Å². The van der Waals surface area contributed by atoms with Crippen molar-refractivity contribution in [2.45, 2.75) is 25.3 Å². The van der Waals surface area contributed by atoms with Gasteiger partial charge in [0.05, 0.1) is 0 Å². The van der Waals surface area contributed by atoms with E-state index in [-0.39, 0.29) is 0 Å². The Morgan fingerprint density at radius 3 is 2.40 bits per heavy atom. The molecule has 0 heterocycles. The zero-order valence-corrected chi connectivity index (χ0v) is 14.8. The molecular formula is C19H17Cl2NO3. The average Bonchev–Trinajstić information content (AvgIpc) is 3.39. The highest BCUT2D eigenvalue weighted by Crippen LogP contribution is 2.34. The van der Waals surface area contributed by atoms with E-state index in [4.69, 9.17) is 23.2 Å². The van der Waals surface area contributed by atoms with E-state index in [0.717, 1.165) is 18.4 Å². The first-order valence-corrected chi connectivity index (χ1v) is 8.79. The van der Waals surface area contributed by atoms with E-state index >= 15 is 0 Å². The Morgan fingerprint density at radius 2 is 1.80 bits per heavy atom. The molecule has 130 valence electrons. The van der Waals surface area contributed by atoms with Crippen molar-refractivity contribution in [3.8, 4) is 11.1 Å². The molecule has 1 unspecified atom stereocenters. The summed E-state index contributed by atoms with van der Waals surface area (Å²) in [5, 5.41) is 13.0. The maximum Gasteiger partial charge on any atom is 0.326 e. The second-order valence-corrected chi connectivity index (χ2v) is 7.09. The quantitative estimate of drug-likeness (QED) is 0.769. The molecule has 25 heavy (non-hydrogen) atoms. The third-order valence-electron chi connectivity index (χ3n) is 4.25.